The molecule has 2 aromatic carbocycles. The van der Waals surface area contributed by atoms with Gasteiger partial charge in [0.25, 0.3) is 11.8 Å². The quantitative estimate of drug-likeness (QED) is 0.0758. The van der Waals surface area contributed by atoms with Crippen LogP contribution in [0.5, 0.6) is 0 Å². The van der Waals surface area contributed by atoms with Gasteiger partial charge >= 0.3 is 18.3 Å². The van der Waals surface area contributed by atoms with Crippen molar-refractivity contribution in [2.45, 2.75) is 31.3 Å². The lowest BCUT2D eigenvalue weighted by Crippen LogP contribution is -2.33. The van der Waals surface area contributed by atoms with Gasteiger partial charge in [-0.25, -0.2) is 14.5 Å². The highest BCUT2D eigenvalue weighted by atomic mass is 35.5. The minimum atomic E-state index is -5.08. The van der Waals surface area contributed by atoms with E-state index < -0.39 is 36.7 Å². The summed E-state index contributed by atoms with van der Waals surface area (Å²) in [4.78, 5) is 38.7. The Morgan fingerprint density at radius 2 is 1.58 bits per heavy atom. The van der Waals surface area contributed by atoms with E-state index in [0.717, 1.165) is 16.9 Å². The van der Waals surface area contributed by atoms with Crippen molar-refractivity contribution in [3.63, 3.8) is 0 Å². The van der Waals surface area contributed by atoms with Crippen LogP contribution in [0.1, 0.15) is 37.8 Å². The number of amides is 2. The van der Waals surface area contributed by atoms with Gasteiger partial charge in [-0.2, -0.15) is 38.1 Å². The molecular weight excluding hydrogens is 744 g/mol. The number of carboxylic acid groups (broad SMARTS) is 1. The van der Waals surface area contributed by atoms with Crippen molar-refractivity contribution in [1.82, 2.24) is 35.0 Å². The first-order valence-electron chi connectivity index (χ1n) is 14.9. The SMILES string of the molecule is O=C(NCC(F)(F)F)c1ccc(-n2nnc(C(=O)NCCSCc3cn4c(Cl)cccc4n3)c2COCc2ccccc2)cc1.O=C(O)C(F)(F)F. The maximum atomic E-state index is 13.2. The van der Waals surface area contributed by atoms with E-state index in [1.54, 1.807) is 22.2 Å². The fourth-order valence-electron chi connectivity index (χ4n) is 4.29. The van der Waals surface area contributed by atoms with E-state index in [1.807, 2.05) is 54.0 Å². The molecule has 0 radical (unpaired) electrons. The third-order valence-corrected chi connectivity index (χ3v) is 7.97. The normalized spacial score (nSPS) is 11.5. The number of hydrogen-bond donors (Lipinski definition) is 3. The highest BCUT2D eigenvalue weighted by Crippen LogP contribution is 2.19. The third-order valence-electron chi connectivity index (χ3n) is 6.67. The number of pyridine rings is 1. The van der Waals surface area contributed by atoms with Crippen molar-refractivity contribution in [3.05, 3.63) is 112 Å². The van der Waals surface area contributed by atoms with E-state index in [2.05, 4.69) is 20.6 Å². The van der Waals surface area contributed by atoms with Crippen LogP contribution in [0.25, 0.3) is 11.3 Å². The number of nitrogens with zero attached hydrogens (tertiary/aromatic N) is 5. The van der Waals surface area contributed by atoms with Gasteiger partial charge in [-0.1, -0.05) is 53.2 Å². The van der Waals surface area contributed by atoms with E-state index in [9.17, 15) is 35.9 Å². The smallest absolute Gasteiger partial charge is 0.475 e. The fourth-order valence-corrected chi connectivity index (χ4v) is 5.23. The summed E-state index contributed by atoms with van der Waals surface area (Å²) in [5.74, 6) is -2.83. The number of carboxylic acids is 1. The summed E-state index contributed by atoms with van der Waals surface area (Å²) < 4.78 is 78.3. The fraction of sp³-hybridized carbons (Fsp3) is 0.250. The number of carbonyl (C=O) groups is 3. The number of nitrogens with one attached hydrogen (secondary N) is 2. The monoisotopic (exact) mass is 771 g/mol. The molecule has 52 heavy (non-hydrogen) atoms. The Morgan fingerprint density at radius 1 is 0.885 bits per heavy atom. The van der Waals surface area contributed by atoms with Gasteiger partial charge in [-0.3, -0.25) is 14.0 Å². The molecule has 276 valence electrons. The van der Waals surface area contributed by atoms with Gasteiger partial charge in [0.1, 0.15) is 23.0 Å². The molecule has 0 fully saturated rings. The predicted molar refractivity (Wildman–Crippen MR) is 177 cm³/mol. The molecule has 0 aliphatic rings. The molecule has 3 N–H and O–H groups in total. The largest absolute Gasteiger partial charge is 0.490 e. The van der Waals surface area contributed by atoms with Crippen LogP contribution < -0.4 is 10.6 Å². The number of fused-ring (bicyclic) bond motifs is 1. The van der Waals surface area contributed by atoms with Crippen LogP contribution >= 0.6 is 23.4 Å². The Hall–Kier alpha value is -5.14. The van der Waals surface area contributed by atoms with Crippen LogP contribution in [-0.4, -0.2) is 78.5 Å². The van der Waals surface area contributed by atoms with Gasteiger partial charge in [0, 0.05) is 29.8 Å². The maximum Gasteiger partial charge on any atom is 0.490 e. The molecule has 0 saturated heterocycles. The lowest BCUT2D eigenvalue weighted by atomic mass is 10.2. The van der Waals surface area contributed by atoms with Crippen LogP contribution in [0.2, 0.25) is 5.15 Å². The van der Waals surface area contributed by atoms with Crippen LogP contribution in [0.4, 0.5) is 26.3 Å². The summed E-state index contributed by atoms with van der Waals surface area (Å²) >= 11 is 7.80. The maximum absolute atomic E-state index is 13.2. The number of ether oxygens (including phenoxy) is 1. The molecule has 5 aromatic rings. The van der Waals surface area contributed by atoms with Gasteiger partial charge in [0.2, 0.25) is 0 Å². The second-order valence-electron chi connectivity index (χ2n) is 10.5. The van der Waals surface area contributed by atoms with Gasteiger partial charge in [0.05, 0.1) is 24.6 Å². The number of imidazole rings is 1. The molecule has 3 heterocycles. The molecule has 12 nitrogen and oxygen atoms in total. The Kier molecular flexibility index (Phi) is 13.6. The summed E-state index contributed by atoms with van der Waals surface area (Å²) in [7, 11) is 0. The van der Waals surface area contributed by atoms with Gasteiger partial charge in [-0.05, 0) is 42.0 Å². The first-order valence-corrected chi connectivity index (χ1v) is 16.5. The zero-order valence-corrected chi connectivity index (χ0v) is 28.2. The first-order chi connectivity index (χ1) is 24.6. The molecule has 5 rings (SSSR count). The summed E-state index contributed by atoms with van der Waals surface area (Å²) in [6, 6.07) is 20.7. The summed E-state index contributed by atoms with van der Waals surface area (Å²) in [5, 5.41) is 20.6. The molecule has 0 aliphatic heterocycles. The van der Waals surface area contributed by atoms with E-state index in [4.69, 9.17) is 26.2 Å². The second kappa shape index (κ2) is 17.9. The van der Waals surface area contributed by atoms with E-state index in [0.29, 0.717) is 34.6 Å². The highest BCUT2D eigenvalue weighted by molar-refractivity contribution is 7.98. The van der Waals surface area contributed by atoms with E-state index in [1.165, 1.54) is 28.9 Å². The van der Waals surface area contributed by atoms with Crippen molar-refractivity contribution < 1.29 is 50.6 Å². The third kappa shape index (κ3) is 11.7. The number of benzene rings is 2. The van der Waals surface area contributed by atoms with Crippen LogP contribution in [0, 0.1) is 0 Å². The van der Waals surface area contributed by atoms with E-state index in [-0.39, 0.29) is 24.5 Å². The Bertz CT molecular complexity index is 1970. The zero-order chi connectivity index (χ0) is 37.9. The van der Waals surface area contributed by atoms with Crippen LogP contribution in [0.3, 0.4) is 0 Å². The minimum absolute atomic E-state index is 0.0103. The number of aromatic nitrogens is 5. The Balaban J connectivity index is 0.000000785. The number of thioether (sulfide) groups is 1. The topological polar surface area (TPSA) is 153 Å². The number of rotatable bonds is 13. The summed E-state index contributed by atoms with van der Waals surface area (Å²) in [6.07, 6.45) is -7.73. The van der Waals surface area contributed by atoms with Crippen molar-refractivity contribution in [2.24, 2.45) is 0 Å². The lowest BCUT2D eigenvalue weighted by Gasteiger charge is -2.11. The molecule has 3 aromatic heterocycles. The van der Waals surface area contributed by atoms with Crippen molar-refractivity contribution in [1.29, 1.82) is 0 Å². The number of hydrogen-bond acceptors (Lipinski definition) is 8. The van der Waals surface area contributed by atoms with Crippen LogP contribution in [-0.2, 0) is 28.5 Å². The molecular formula is C32H28ClF6N7O5S. The predicted octanol–water partition coefficient (Wildman–Crippen LogP) is 5.87. The first kappa shape index (κ1) is 39.6. The van der Waals surface area contributed by atoms with Crippen molar-refractivity contribution in [2.75, 3.05) is 18.8 Å². The van der Waals surface area contributed by atoms with Crippen molar-refractivity contribution >= 4 is 46.8 Å². The molecule has 0 saturated carbocycles. The average molecular weight is 772 g/mol. The van der Waals surface area contributed by atoms with Gasteiger partial charge in [0.15, 0.2) is 5.69 Å². The molecule has 0 atom stereocenters. The molecule has 20 heteroatoms. The molecule has 0 unspecified atom stereocenters. The highest BCUT2D eigenvalue weighted by Gasteiger charge is 2.38. The Morgan fingerprint density at radius 3 is 2.21 bits per heavy atom. The lowest BCUT2D eigenvalue weighted by molar-refractivity contribution is -0.192. The molecule has 0 aliphatic carbocycles. The van der Waals surface area contributed by atoms with Gasteiger partial charge < -0.3 is 20.5 Å². The number of alkyl halides is 6. The van der Waals surface area contributed by atoms with Crippen LogP contribution in [0.15, 0.2) is 79.0 Å². The number of halogens is 7. The molecule has 2 amide bonds. The summed E-state index contributed by atoms with van der Waals surface area (Å²) in [6.45, 7) is -0.817. The molecule has 0 spiro atoms. The number of carbonyl (C=O) groups excluding carboxylic acids is 2. The van der Waals surface area contributed by atoms with Gasteiger partial charge in [-0.15, -0.1) is 5.10 Å². The standard InChI is InChI=1S/C30H27ClF3N7O3S.C2HF3O2/c31-25-7-4-8-26-37-22(15-40(25)26)18-45-14-13-35-29(43)27-24(17-44-16-20-5-2-1-3-6-20)41(39-38-27)23-11-9-21(10-12-23)28(42)36-19-30(32,33)34;3-2(4,5)1(6)7/h1-12,15H,13-14,16-19H2,(H,35,43)(H,36,42);(H,6,7). The minimum Gasteiger partial charge on any atom is -0.475 e. The number of aliphatic carboxylic acids is 1. The Labute approximate surface area is 300 Å². The second-order valence-corrected chi connectivity index (χ2v) is 12.0. The summed E-state index contributed by atoms with van der Waals surface area (Å²) in [5.41, 5.74) is 3.46. The zero-order valence-electron chi connectivity index (χ0n) is 26.6. The molecule has 0 bridgehead atoms. The average Bonchev–Trinajstić information content (AvgIpc) is 3.72. The van der Waals surface area contributed by atoms with Crippen molar-refractivity contribution in [3.8, 4) is 5.69 Å². The van der Waals surface area contributed by atoms with E-state index >= 15 is 0 Å².